The van der Waals surface area contributed by atoms with Crippen molar-refractivity contribution in [2.75, 3.05) is 26.2 Å². The van der Waals surface area contributed by atoms with Crippen molar-refractivity contribution in [3.63, 3.8) is 0 Å². The number of benzene rings is 1. The van der Waals surface area contributed by atoms with E-state index in [0.717, 1.165) is 11.4 Å². The highest BCUT2D eigenvalue weighted by molar-refractivity contribution is 7.89. The Morgan fingerprint density at radius 3 is 2.25 bits per heavy atom. The van der Waals surface area contributed by atoms with Crippen molar-refractivity contribution in [3.8, 4) is 0 Å². The average molecular weight is 458 g/mol. The number of carbonyl (C=O) groups is 1. The number of nitrogens with zero attached hydrogens (tertiary/aromatic N) is 3. The number of carbonyl (C=O) groups excluding carboxylic acids is 1. The first-order valence-electron chi connectivity index (χ1n) is 11.2. The minimum absolute atomic E-state index is 0.00371. The molecule has 0 N–H and O–H groups in total. The maximum atomic E-state index is 13.4. The Bertz CT molecular complexity index is 1060. The normalized spacial score (nSPS) is 23.3. The van der Waals surface area contributed by atoms with Crippen LogP contribution in [-0.4, -0.2) is 66.9 Å². The Morgan fingerprint density at radius 1 is 1.00 bits per heavy atom. The second kappa shape index (κ2) is 9.29. The first kappa shape index (κ1) is 22.9. The van der Waals surface area contributed by atoms with Gasteiger partial charge in [0.1, 0.15) is 0 Å². The zero-order chi connectivity index (χ0) is 22.9. The third kappa shape index (κ3) is 4.72. The van der Waals surface area contributed by atoms with E-state index in [-0.39, 0.29) is 24.0 Å². The molecular formula is C24H31N3O4S. The summed E-state index contributed by atoms with van der Waals surface area (Å²) in [5.41, 5.74) is 2.28. The van der Waals surface area contributed by atoms with Crippen molar-refractivity contribution in [3.05, 3.63) is 59.4 Å². The number of rotatable bonds is 4. The molecule has 0 saturated carbocycles. The molecule has 4 rings (SSSR count). The Kier molecular flexibility index (Phi) is 6.65. The van der Waals surface area contributed by atoms with Gasteiger partial charge in [0.25, 0.3) is 5.91 Å². The third-order valence-electron chi connectivity index (χ3n) is 6.22. The van der Waals surface area contributed by atoms with Gasteiger partial charge in [-0.05, 0) is 57.9 Å². The maximum absolute atomic E-state index is 13.4. The number of amides is 1. The molecule has 0 spiro atoms. The first-order chi connectivity index (χ1) is 15.3. The number of sulfonamides is 1. The van der Waals surface area contributed by atoms with Gasteiger partial charge >= 0.3 is 0 Å². The second-order valence-electron chi connectivity index (χ2n) is 8.84. The number of aromatic nitrogens is 1. The van der Waals surface area contributed by atoms with Gasteiger partial charge in [-0.25, -0.2) is 8.42 Å². The lowest BCUT2D eigenvalue weighted by Crippen LogP contribution is -2.48. The average Bonchev–Trinajstić information content (AvgIpc) is 2.78. The summed E-state index contributed by atoms with van der Waals surface area (Å²) in [6, 6.07) is 12.3. The molecule has 2 aromatic rings. The minimum Gasteiger partial charge on any atom is -0.372 e. The van der Waals surface area contributed by atoms with Gasteiger partial charge < -0.3 is 9.64 Å². The van der Waals surface area contributed by atoms with Crippen LogP contribution < -0.4 is 0 Å². The van der Waals surface area contributed by atoms with E-state index in [9.17, 15) is 13.2 Å². The Labute approximate surface area is 190 Å². The predicted molar refractivity (Wildman–Crippen MR) is 122 cm³/mol. The molecule has 2 fully saturated rings. The summed E-state index contributed by atoms with van der Waals surface area (Å²) in [6.07, 6.45) is 1.27. The van der Waals surface area contributed by atoms with Crippen LogP contribution in [0.5, 0.6) is 0 Å². The van der Waals surface area contributed by atoms with Crippen LogP contribution in [0.3, 0.4) is 0 Å². The zero-order valence-electron chi connectivity index (χ0n) is 18.9. The van der Waals surface area contributed by atoms with Gasteiger partial charge in [-0.15, -0.1) is 0 Å². The van der Waals surface area contributed by atoms with Gasteiger partial charge in [0.05, 0.1) is 28.4 Å². The summed E-state index contributed by atoms with van der Waals surface area (Å²) in [4.78, 5) is 20.3. The van der Waals surface area contributed by atoms with Crippen LogP contribution in [0.2, 0.25) is 0 Å². The monoisotopic (exact) mass is 457 g/mol. The zero-order valence-corrected chi connectivity index (χ0v) is 19.7. The molecule has 2 saturated heterocycles. The molecule has 2 aliphatic rings. The van der Waals surface area contributed by atoms with Crippen molar-refractivity contribution in [1.82, 2.24) is 14.2 Å². The maximum Gasteiger partial charge on any atom is 0.255 e. The number of hydrogen-bond acceptors (Lipinski definition) is 5. The van der Waals surface area contributed by atoms with Crippen LogP contribution >= 0.6 is 0 Å². The molecule has 0 aliphatic carbocycles. The summed E-state index contributed by atoms with van der Waals surface area (Å²) in [5.74, 6) is 0.0285. The van der Waals surface area contributed by atoms with Crippen molar-refractivity contribution in [2.45, 2.75) is 56.6 Å². The van der Waals surface area contributed by atoms with Crippen LogP contribution in [0, 0.1) is 6.92 Å². The summed E-state index contributed by atoms with van der Waals surface area (Å²) >= 11 is 0. The number of aryl methyl sites for hydroxylation is 1. The fourth-order valence-electron chi connectivity index (χ4n) is 4.69. The van der Waals surface area contributed by atoms with Crippen molar-refractivity contribution in [1.29, 1.82) is 0 Å². The molecule has 1 amide bonds. The number of pyridine rings is 1. The number of piperidine rings is 1. The smallest absolute Gasteiger partial charge is 0.255 e. The molecule has 0 bridgehead atoms. The second-order valence-corrected chi connectivity index (χ2v) is 10.8. The number of hydrogen-bond donors (Lipinski definition) is 0. The summed E-state index contributed by atoms with van der Waals surface area (Å²) in [7, 11) is -3.51. The number of morpholine rings is 1. The molecule has 172 valence electrons. The topological polar surface area (TPSA) is 79.8 Å². The van der Waals surface area contributed by atoms with Crippen LogP contribution in [0.4, 0.5) is 0 Å². The van der Waals surface area contributed by atoms with Gasteiger partial charge in [0.2, 0.25) is 10.0 Å². The van der Waals surface area contributed by atoms with Gasteiger partial charge in [0, 0.05) is 37.8 Å². The molecule has 1 aromatic carbocycles. The van der Waals surface area contributed by atoms with Gasteiger partial charge in [-0.1, -0.05) is 18.2 Å². The quantitative estimate of drug-likeness (QED) is 0.704. The Hall–Kier alpha value is -2.29. The van der Waals surface area contributed by atoms with E-state index in [0.29, 0.717) is 49.5 Å². The fourth-order valence-corrected chi connectivity index (χ4v) is 6.18. The lowest BCUT2D eigenvalue weighted by molar-refractivity contribution is -0.0586. The molecule has 2 unspecified atom stereocenters. The standard InChI is InChI=1S/C24H31N3O4S/c1-17-9-10-22(24(28)26-15-18(2)31-19(3)16-26)23(25-17)20-11-13-27(14-12-20)32(29,30)21-7-5-4-6-8-21/h4-10,18-20H,11-16H2,1-3H3. The third-order valence-corrected chi connectivity index (χ3v) is 8.14. The molecule has 0 radical (unpaired) electrons. The number of ether oxygens (including phenoxy) is 1. The first-order valence-corrected chi connectivity index (χ1v) is 12.7. The molecule has 2 aliphatic heterocycles. The molecule has 8 heteroatoms. The minimum atomic E-state index is -3.51. The fraction of sp³-hybridized carbons (Fsp3) is 0.500. The molecular weight excluding hydrogens is 426 g/mol. The van der Waals surface area contributed by atoms with Crippen LogP contribution in [-0.2, 0) is 14.8 Å². The van der Waals surface area contributed by atoms with Crippen molar-refractivity contribution < 1.29 is 17.9 Å². The van der Waals surface area contributed by atoms with E-state index in [2.05, 4.69) is 0 Å². The highest BCUT2D eigenvalue weighted by Crippen LogP contribution is 2.32. The van der Waals surface area contributed by atoms with E-state index in [4.69, 9.17) is 9.72 Å². The summed E-state index contributed by atoms with van der Waals surface area (Å²) < 4.78 is 33.3. The van der Waals surface area contributed by atoms with Crippen molar-refractivity contribution in [2.24, 2.45) is 0 Å². The lowest BCUT2D eigenvalue weighted by atomic mass is 9.90. The molecule has 1 aromatic heterocycles. The van der Waals surface area contributed by atoms with E-state index in [1.54, 1.807) is 28.6 Å². The van der Waals surface area contributed by atoms with Crippen LogP contribution in [0.25, 0.3) is 0 Å². The summed E-state index contributed by atoms with van der Waals surface area (Å²) in [5, 5.41) is 0. The lowest BCUT2D eigenvalue weighted by Gasteiger charge is -2.36. The van der Waals surface area contributed by atoms with E-state index >= 15 is 0 Å². The molecule has 3 heterocycles. The molecule has 7 nitrogen and oxygen atoms in total. The van der Waals surface area contributed by atoms with Gasteiger partial charge in [-0.2, -0.15) is 4.31 Å². The van der Waals surface area contributed by atoms with E-state index in [1.165, 1.54) is 0 Å². The molecule has 32 heavy (non-hydrogen) atoms. The Morgan fingerprint density at radius 2 is 1.62 bits per heavy atom. The van der Waals surface area contributed by atoms with E-state index < -0.39 is 10.0 Å². The summed E-state index contributed by atoms with van der Waals surface area (Å²) in [6.45, 7) is 7.83. The van der Waals surface area contributed by atoms with Crippen molar-refractivity contribution >= 4 is 15.9 Å². The van der Waals surface area contributed by atoms with Gasteiger partial charge in [0.15, 0.2) is 0 Å². The Balaban J connectivity index is 1.53. The highest BCUT2D eigenvalue weighted by atomic mass is 32.2. The largest absolute Gasteiger partial charge is 0.372 e. The SMILES string of the molecule is Cc1ccc(C(=O)N2CC(C)OC(C)C2)c(C2CCN(S(=O)(=O)c3ccccc3)CC2)n1. The van der Waals surface area contributed by atoms with Gasteiger partial charge in [-0.3, -0.25) is 9.78 Å². The predicted octanol–water partition coefficient (Wildman–Crippen LogP) is 3.21. The van der Waals surface area contributed by atoms with Crippen LogP contribution in [0.1, 0.15) is 54.4 Å². The van der Waals surface area contributed by atoms with Crippen LogP contribution in [0.15, 0.2) is 47.4 Å². The van der Waals surface area contributed by atoms with E-state index in [1.807, 2.05) is 43.9 Å². The molecule has 2 atom stereocenters. The highest BCUT2D eigenvalue weighted by Gasteiger charge is 2.34.